The van der Waals surface area contributed by atoms with Crippen molar-refractivity contribution in [2.24, 2.45) is 13.0 Å². The van der Waals surface area contributed by atoms with E-state index in [0.29, 0.717) is 36.7 Å². The number of fused-ring (bicyclic) bond motifs is 1. The summed E-state index contributed by atoms with van der Waals surface area (Å²) in [4.78, 5) is 17.3. The van der Waals surface area contributed by atoms with Gasteiger partial charge in [0.2, 0.25) is 0 Å². The van der Waals surface area contributed by atoms with Crippen LogP contribution in [0, 0.1) is 12.8 Å². The van der Waals surface area contributed by atoms with Crippen molar-refractivity contribution in [3.05, 3.63) is 106 Å². The average Bonchev–Trinajstić information content (AvgIpc) is 3.68. The molecule has 0 bridgehead atoms. The van der Waals surface area contributed by atoms with Crippen LogP contribution in [0.1, 0.15) is 79.6 Å². The fraction of sp³-hybridized carbons (Fsp3) is 0.432. The number of rotatable bonds is 8. The zero-order valence-electron chi connectivity index (χ0n) is 27.7. The van der Waals surface area contributed by atoms with Gasteiger partial charge in [-0.2, -0.15) is 0 Å². The fourth-order valence-corrected chi connectivity index (χ4v) is 9.61. The van der Waals surface area contributed by atoms with Gasteiger partial charge in [-0.05, 0) is 105 Å². The molecule has 3 aliphatic rings. The fourth-order valence-electron chi connectivity index (χ4n) is 8.08. The minimum atomic E-state index is -4.11. The van der Waals surface area contributed by atoms with Gasteiger partial charge in [-0.3, -0.25) is 14.3 Å². The Hall–Kier alpha value is -4.06. The van der Waals surface area contributed by atoms with E-state index in [4.69, 9.17) is 0 Å². The summed E-state index contributed by atoms with van der Waals surface area (Å²) in [5.74, 6) is 1.55. The van der Waals surface area contributed by atoms with Crippen LogP contribution >= 0.6 is 0 Å². The SMILES string of the molecule is Cc1ccc(S(=O)(=O)n2c(CN3CCC[C@H](C)C3)cc3c(C4CC4)cn(-c4cccc(C5(c6nncn6C)CC(O)C5)c4)c(=O)c32)cc1. The van der Waals surface area contributed by atoms with Crippen molar-refractivity contribution in [2.75, 3.05) is 13.1 Å². The number of nitrogens with zero attached hydrogens (tertiary/aromatic N) is 6. The molecule has 48 heavy (non-hydrogen) atoms. The average molecular weight is 667 g/mol. The van der Waals surface area contributed by atoms with Crippen LogP contribution in [-0.4, -0.2) is 60.9 Å². The highest BCUT2D eigenvalue weighted by Crippen LogP contribution is 2.49. The van der Waals surface area contributed by atoms with Gasteiger partial charge in [-0.25, -0.2) is 12.4 Å². The van der Waals surface area contributed by atoms with E-state index in [-0.39, 0.29) is 21.9 Å². The van der Waals surface area contributed by atoms with Crippen LogP contribution < -0.4 is 5.56 Å². The normalized spacial score (nSPS) is 23.4. The number of aryl methyl sites for hydroxylation is 2. The summed E-state index contributed by atoms with van der Waals surface area (Å²) < 4.78 is 34.1. The quantitative estimate of drug-likeness (QED) is 0.248. The third kappa shape index (κ3) is 5.14. The van der Waals surface area contributed by atoms with Crippen LogP contribution in [0.15, 0.2) is 76.8 Å². The second-order valence-electron chi connectivity index (χ2n) is 14.5. The van der Waals surface area contributed by atoms with E-state index in [1.165, 1.54) is 3.97 Å². The van der Waals surface area contributed by atoms with E-state index in [0.717, 1.165) is 66.7 Å². The van der Waals surface area contributed by atoms with Crippen molar-refractivity contribution in [1.82, 2.24) is 28.2 Å². The third-order valence-electron chi connectivity index (χ3n) is 10.7. The zero-order valence-corrected chi connectivity index (χ0v) is 28.5. The van der Waals surface area contributed by atoms with E-state index >= 15 is 0 Å². The van der Waals surface area contributed by atoms with Crippen LogP contribution in [0.25, 0.3) is 16.6 Å². The number of hydrogen-bond donors (Lipinski definition) is 1. The van der Waals surface area contributed by atoms with Crippen molar-refractivity contribution in [3.8, 4) is 5.69 Å². The topological polar surface area (TPSA) is 115 Å². The van der Waals surface area contributed by atoms with Gasteiger partial charge in [-0.15, -0.1) is 10.2 Å². The van der Waals surface area contributed by atoms with Crippen LogP contribution in [0.5, 0.6) is 0 Å². The number of hydrogen-bond acceptors (Lipinski definition) is 7. The van der Waals surface area contributed by atoms with Crippen molar-refractivity contribution in [2.45, 2.75) is 81.2 Å². The van der Waals surface area contributed by atoms with Gasteiger partial charge in [0.25, 0.3) is 15.6 Å². The van der Waals surface area contributed by atoms with Gasteiger partial charge in [0.05, 0.1) is 16.4 Å². The maximum atomic E-state index is 14.8. The number of benzene rings is 2. The van der Waals surface area contributed by atoms with Gasteiger partial charge in [-0.1, -0.05) is 36.8 Å². The summed E-state index contributed by atoms with van der Waals surface area (Å²) in [5.41, 5.74) is 3.46. The van der Waals surface area contributed by atoms with Gasteiger partial charge in [0.15, 0.2) is 0 Å². The minimum absolute atomic E-state index is 0.165. The highest BCUT2D eigenvalue weighted by Gasteiger charge is 2.49. The molecule has 0 amide bonds. The standard InChI is InChI=1S/C37H42N6O4S/c1-24-9-13-31(14-10-24)48(46,47)43-29(21-41-15-5-6-25(2)20-41)17-32-33(26-11-12-26)22-42(35(45)34(32)43)28-8-4-7-27(16-28)37(18-30(44)19-37)36-39-38-23-40(36)3/h4,7-10,13-14,16-17,22-23,25-26,30,44H,5-6,11-12,15,18-21H2,1-3H3/t25-,30?,37?/m0/s1. The Morgan fingerprint density at radius 3 is 2.48 bits per heavy atom. The van der Waals surface area contributed by atoms with Gasteiger partial charge in [0, 0.05) is 43.1 Å². The summed E-state index contributed by atoms with van der Waals surface area (Å²) in [6, 6.07) is 16.7. The van der Waals surface area contributed by atoms with Crippen LogP contribution in [0.2, 0.25) is 0 Å². The highest BCUT2D eigenvalue weighted by atomic mass is 32.2. The zero-order chi connectivity index (χ0) is 33.4. The number of aromatic nitrogens is 5. The highest BCUT2D eigenvalue weighted by molar-refractivity contribution is 7.90. The molecule has 3 fully saturated rings. The first-order valence-corrected chi connectivity index (χ1v) is 18.5. The smallest absolute Gasteiger partial charge is 0.280 e. The molecule has 2 saturated carbocycles. The van der Waals surface area contributed by atoms with E-state index < -0.39 is 21.5 Å². The molecule has 0 radical (unpaired) electrons. The van der Waals surface area contributed by atoms with E-state index in [2.05, 4.69) is 22.0 Å². The molecular weight excluding hydrogens is 625 g/mol. The second kappa shape index (κ2) is 11.5. The molecule has 5 aromatic rings. The molecule has 1 N–H and O–H groups in total. The second-order valence-corrected chi connectivity index (χ2v) is 16.2. The van der Waals surface area contributed by atoms with Gasteiger partial charge >= 0.3 is 0 Å². The Morgan fingerprint density at radius 2 is 1.81 bits per heavy atom. The molecule has 1 saturated heterocycles. The van der Waals surface area contributed by atoms with E-state index in [1.807, 2.05) is 55.1 Å². The van der Waals surface area contributed by atoms with E-state index in [9.17, 15) is 18.3 Å². The number of pyridine rings is 1. The number of aliphatic hydroxyl groups is 1. The lowest BCUT2D eigenvalue weighted by Crippen LogP contribution is -2.47. The first-order valence-electron chi connectivity index (χ1n) is 17.0. The Balaban J connectivity index is 1.34. The lowest BCUT2D eigenvalue weighted by molar-refractivity contribution is 0.0323. The maximum absolute atomic E-state index is 14.8. The third-order valence-corrected chi connectivity index (χ3v) is 12.5. The summed E-state index contributed by atoms with van der Waals surface area (Å²) >= 11 is 0. The summed E-state index contributed by atoms with van der Waals surface area (Å²) in [5, 5.41) is 19.7. The predicted molar refractivity (Wildman–Crippen MR) is 184 cm³/mol. The summed E-state index contributed by atoms with van der Waals surface area (Å²) in [7, 11) is -2.21. The molecule has 3 aromatic heterocycles. The van der Waals surface area contributed by atoms with Crippen LogP contribution in [-0.2, 0) is 29.0 Å². The molecule has 0 spiro atoms. The largest absolute Gasteiger partial charge is 0.393 e. The number of piperidine rings is 1. The van der Waals surface area contributed by atoms with Crippen molar-refractivity contribution in [3.63, 3.8) is 0 Å². The Morgan fingerprint density at radius 1 is 1.04 bits per heavy atom. The predicted octanol–water partition coefficient (Wildman–Crippen LogP) is 5.02. The molecule has 4 heterocycles. The summed E-state index contributed by atoms with van der Waals surface area (Å²) in [6.07, 6.45) is 8.36. The molecule has 2 aromatic carbocycles. The number of aliphatic hydroxyl groups excluding tert-OH is 1. The first-order chi connectivity index (χ1) is 23.0. The number of likely N-dealkylation sites (tertiary alicyclic amines) is 1. The lowest BCUT2D eigenvalue weighted by atomic mass is 9.62. The van der Waals surface area contributed by atoms with Crippen LogP contribution in [0.4, 0.5) is 0 Å². The Bertz CT molecular complexity index is 2190. The maximum Gasteiger partial charge on any atom is 0.280 e. The van der Waals surface area contributed by atoms with Crippen molar-refractivity contribution >= 4 is 20.9 Å². The van der Waals surface area contributed by atoms with E-state index in [1.54, 1.807) is 35.2 Å². The molecule has 8 rings (SSSR count). The Labute approximate surface area is 280 Å². The van der Waals surface area contributed by atoms with Gasteiger partial charge < -0.3 is 9.67 Å². The molecule has 11 heteroatoms. The molecule has 2 aliphatic carbocycles. The van der Waals surface area contributed by atoms with Crippen LogP contribution in [0.3, 0.4) is 0 Å². The molecular formula is C37H42N6O4S. The molecule has 10 nitrogen and oxygen atoms in total. The molecule has 0 unspecified atom stereocenters. The van der Waals surface area contributed by atoms with Gasteiger partial charge in [0.1, 0.15) is 17.7 Å². The molecule has 1 atom stereocenters. The minimum Gasteiger partial charge on any atom is -0.393 e. The monoisotopic (exact) mass is 666 g/mol. The van der Waals surface area contributed by atoms with Crippen molar-refractivity contribution in [1.29, 1.82) is 0 Å². The summed E-state index contributed by atoms with van der Waals surface area (Å²) in [6.45, 7) is 6.40. The first kappa shape index (κ1) is 31.2. The lowest BCUT2D eigenvalue weighted by Gasteiger charge is -2.44. The molecule has 1 aliphatic heterocycles. The molecule has 250 valence electrons. The Kier molecular flexibility index (Phi) is 7.50. The van der Waals surface area contributed by atoms with Crippen molar-refractivity contribution < 1.29 is 13.5 Å².